The van der Waals surface area contributed by atoms with Crippen LogP contribution in [0.5, 0.6) is 0 Å². The standard InChI is InChI=1S/C12H27N.H2/c1-5-10-13-11-8-6-7-9-12(2,3)4;/h13H,5-11H2,1-4H3;1H. The number of hydrogen-bond donors (Lipinski definition) is 1. The van der Waals surface area contributed by atoms with Gasteiger partial charge in [0.15, 0.2) is 0 Å². The molecule has 0 atom stereocenters. The fraction of sp³-hybridized carbons (Fsp3) is 1.00. The van der Waals surface area contributed by atoms with Gasteiger partial charge in [0, 0.05) is 1.43 Å². The van der Waals surface area contributed by atoms with Crippen LogP contribution in [0.25, 0.3) is 0 Å². The van der Waals surface area contributed by atoms with Crippen molar-refractivity contribution in [1.29, 1.82) is 0 Å². The van der Waals surface area contributed by atoms with E-state index in [2.05, 4.69) is 33.0 Å². The van der Waals surface area contributed by atoms with Crippen molar-refractivity contribution in [3.8, 4) is 0 Å². The first-order valence-electron chi connectivity index (χ1n) is 5.77. The van der Waals surface area contributed by atoms with E-state index in [9.17, 15) is 0 Å². The minimum atomic E-state index is 0. The molecule has 0 bridgehead atoms. The zero-order valence-electron chi connectivity index (χ0n) is 9.95. The smallest absolute Gasteiger partial charge is 0 e. The summed E-state index contributed by atoms with van der Waals surface area (Å²) >= 11 is 0. The van der Waals surface area contributed by atoms with E-state index >= 15 is 0 Å². The third-order valence-electron chi connectivity index (χ3n) is 2.21. The van der Waals surface area contributed by atoms with E-state index in [4.69, 9.17) is 0 Å². The van der Waals surface area contributed by atoms with Gasteiger partial charge in [0.05, 0.1) is 0 Å². The van der Waals surface area contributed by atoms with E-state index in [-0.39, 0.29) is 1.43 Å². The summed E-state index contributed by atoms with van der Waals surface area (Å²) in [5, 5.41) is 3.43. The minimum Gasteiger partial charge on any atom is -0.317 e. The van der Waals surface area contributed by atoms with Gasteiger partial charge >= 0.3 is 0 Å². The molecule has 0 aromatic rings. The van der Waals surface area contributed by atoms with Crippen LogP contribution < -0.4 is 5.32 Å². The van der Waals surface area contributed by atoms with E-state index in [0.717, 1.165) is 0 Å². The van der Waals surface area contributed by atoms with Gasteiger partial charge in [-0.3, -0.25) is 0 Å². The van der Waals surface area contributed by atoms with Crippen LogP contribution in [0, 0.1) is 5.41 Å². The molecule has 0 saturated heterocycles. The molecule has 0 heterocycles. The van der Waals surface area contributed by atoms with Gasteiger partial charge in [0.1, 0.15) is 0 Å². The molecule has 0 saturated carbocycles. The van der Waals surface area contributed by atoms with Crippen molar-refractivity contribution >= 4 is 0 Å². The molecule has 0 unspecified atom stereocenters. The molecule has 0 aromatic carbocycles. The Hall–Kier alpha value is -0.0400. The van der Waals surface area contributed by atoms with Gasteiger partial charge < -0.3 is 5.32 Å². The van der Waals surface area contributed by atoms with E-state index < -0.39 is 0 Å². The lowest BCUT2D eigenvalue weighted by Gasteiger charge is -2.17. The molecular formula is C12H29N. The second-order valence-electron chi connectivity index (χ2n) is 5.12. The first-order chi connectivity index (χ1) is 6.06. The molecule has 0 fully saturated rings. The summed E-state index contributed by atoms with van der Waals surface area (Å²) < 4.78 is 0. The summed E-state index contributed by atoms with van der Waals surface area (Å²) in [5.41, 5.74) is 0.525. The molecule has 0 aliphatic carbocycles. The van der Waals surface area contributed by atoms with Crippen LogP contribution in [0.15, 0.2) is 0 Å². The van der Waals surface area contributed by atoms with Crippen LogP contribution in [0.4, 0.5) is 0 Å². The van der Waals surface area contributed by atoms with Crippen LogP contribution in [0.1, 0.15) is 61.2 Å². The van der Waals surface area contributed by atoms with Crippen LogP contribution in [0.3, 0.4) is 0 Å². The molecule has 0 amide bonds. The normalized spacial score (nSPS) is 12.0. The van der Waals surface area contributed by atoms with Gasteiger partial charge in [-0.2, -0.15) is 0 Å². The van der Waals surface area contributed by atoms with Gasteiger partial charge in [-0.05, 0) is 37.8 Å². The Labute approximate surface area is 85.8 Å². The maximum absolute atomic E-state index is 3.43. The molecular weight excluding hydrogens is 158 g/mol. The summed E-state index contributed by atoms with van der Waals surface area (Å²) in [5.74, 6) is 0. The van der Waals surface area contributed by atoms with Gasteiger partial charge in [-0.15, -0.1) is 0 Å². The number of unbranched alkanes of at least 4 members (excludes halogenated alkanes) is 2. The molecule has 1 N–H and O–H groups in total. The topological polar surface area (TPSA) is 12.0 Å². The summed E-state index contributed by atoms with van der Waals surface area (Å²) in [7, 11) is 0. The van der Waals surface area contributed by atoms with Crippen molar-refractivity contribution < 1.29 is 1.43 Å². The molecule has 1 heteroatoms. The zero-order valence-corrected chi connectivity index (χ0v) is 9.95. The van der Waals surface area contributed by atoms with Crippen LogP contribution >= 0.6 is 0 Å². The van der Waals surface area contributed by atoms with Gasteiger partial charge in [-0.1, -0.05) is 40.5 Å². The monoisotopic (exact) mass is 187 g/mol. The van der Waals surface area contributed by atoms with E-state index in [1.54, 1.807) is 0 Å². The molecule has 0 rings (SSSR count). The average molecular weight is 187 g/mol. The van der Waals surface area contributed by atoms with Crippen LogP contribution in [-0.2, 0) is 0 Å². The third kappa shape index (κ3) is 12.0. The molecule has 0 radical (unpaired) electrons. The van der Waals surface area contributed by atoms with Crippen molar-refractivity contribution in [3.63, 3.8) is 0 Å². The lowest BCUT2D eigenvalue weighted by molar-refractivity contribution is 0.357. The van der Waals surface area contributed by atoms with Crippen molar-refractivity contribution in [3.05, 3.63) is 0 Å². The quantitative estimate of drug-likeness (QED) is 0.597. The minimum absolute atomic E-state index is 0. The third-order valence-corrected chi connectivity index (χ3v) is 2.21. The van der Waals surface area contributed by atoms with E-state index in [1.807, 2.05) is 0 Å². The first kappa shape index (κ1) is 13.0. The van der Waals surface area contributed by atoms with Crippen molar-refractivity contribution in [2.45, 2.75) is 59.8 Å². The predicted molar refractivity (Wildman–Crippen MR) is 63.2 cm³/mol. The van der Waals surface area contributed by atoms with Crippen molar-refractivity contribution in [2.24, 2.45) is 5.41 Å². The highest BCUT2D eigenvalue weighted by Crippen LogP contribution is 2.21. The number of rotatable bonds is 7. The summed E-state index contributed by atoms with van der Waals surface area (Å²) in [6, 6.07) is 0. The molecule has 0 spiro atoms. The highest BCUT2D eigenvalue weighted by molar-refractivity contribution is 4.61. The maximum Gasteiger partial charge on any atom is 0 e. The zero-order chi connectivity index (χ0) is 10.2. The lowest BCUT2D eigenvalue weighted by Crippen LogP contribution is -2.15. The molecule has 13 heavy (non-hydrogen) atoms. The first-order valence-corrected chi connectivity index (χ1v) is 5.77. The molecule has 82 valence electrons. The molecule has 0 aliphatic rings. The van der Waals surface area contributed by atoms with Crippen LogP contribution in [-0.4, -0.2) is 13.1 Å². The second kappa shape index (κ2) is 7.37. The Kier molecular flexibility index (Phi) is 7.35. The Bertz CT molecular complexity index is 107. The lowest BCUT2D eigenvalue weighted by atomic mass is 9.89. The van der Waals surface area contributed by atoms with Crippen LogP contribution in [0.2, 0.25) is 0 Å². The van der Waals surface area contributed by atoms with Crippen molar-refractivity contribution in [1.82, 2.24) is 5.32 Å². The van der Waals surface area contributed by atoms with Crippen molar-refractivity contribution in [2.75, 3.05) is 13.1 Å². The van der Waals surface area contributed by atoms with Gasteiger partial charge in [-0.25, -0.2) is 0 Å². The number of hydrogen-bond acceptors (Lipinski definition) is 1. The average Bonchev–Trinajstić information content (AvgIpc) is 2.01. The van der Waals surface area contributed by atoms with E-state index in [1.165, 1.54) is 45.2 Å². The Morgan fingerprint density at radius 3 is 2.23 bits per heavy atom. The highest BCUT2D eigenvalue weighted by atomic mass is 14.8. The fourth-order valence-corrected chi connectivity index (χ4v) is 1.38. The van der Waals surface area contributed by atoms with Gasteiger partial charge in [0.25, 0.3) is 0 Å². The highest BCUT2D eigenvalue weighted by Gasteiger charge is 2.08. The fourth-order valence-electron chi connectivity index (χ4n) is 1.38. The molecule has 0 aliphatic heterocycles. The van der Waals surface area contributed by atoms with E-state index in [0.29, 0.717) is 5.41 Å². The summed E-state index contributed by atoms with van der Waals surface area (Å²) in [6.45, 7) is 11.6. The Balaban J connectivity index is 0. The summed E-state index contributed by atoms with van der Waals surface area (Å²) in [6.07, 6.45) is 6.73. The molecule has 1 nitrogen and oxygen atoms in total. The predicted octanol–water partition coefficient (Wildman–Crippen LogP) is 3.84. The number of nitrogens with one attached hydrogen (secondary N) is 1. The SMILES string of the molecule is CCCNCCCCCC(C)(C)C.[HH]. The maximum atomic E-state index is 3.43. The Morgan fingerprint density at radius 2 is 1.69 bits per heavy atom. The Morgan fingerprint density at radius 1 is 1.00 bits per heavy atom. The largest absolute Gasteiger partial charge is 0.317 e. The second-order valence-corrected chi connectivity index (χ2v) is 5.12. The summed E-state index contributed by atoms with van der Waals surface area (Å²) in [4.78, 5) is 0. The van der Waals surface area contributed by atoms with Gasteiger partial charge in [0.2, 0.25) is 0 Å². The molecule has 0 aromatic heterocycles.